The van der Waals surface area contributed by atoms with Gasteiger partial charge in [0.1, 0.15) is 13.2 Å². The zero-order chi connectivity index (χ0) is 18.2. The molecule has 1 heterocycles. The zero-order valence-corrected chi connectivity index (χ0v) is 14.3. The molecule has 0 saturated carbocycles. The molecular formula is C15H14Cl2N2O6. The summed E-state index contributed by atoms with van der Waals surface area (Å²) in [6.07, 6.45) is 0. The first kappa shape index (κ1) is 19.0. The average Bonchev–Trinajstić information content (AvgIpc) is 3.02. The smallest absolute Gasteiger partial charge is 0.329 e. The van der Waals surface area contributed by atoms with Crippen LogP contribution in [0.25, 0.3) is 0 Å². The molecule has 0 aliphatic carbocycles. The van der Waals surface area contributed by atoms with Gasteiger partial charge in [0, 0.05) is 12.6 Å². The quantitative estimate of drug-likeness (QED) is 0.634. The SMILES string of the molecule is O=C(O)COCCNC(=O)c1cc(COc2c(Cl)cccc2Cl)on1. The summed E-state index contributed by atoms with van der Waals surface area (Å²) in [5.41, 5.74) is 0.0575. The second kappa shape index (κ2) is 9.26. The fourth-order valence-corrected chi connectivity index (χ4v) is 2.25. The van der Waals surface area contributed by atoms with Crippen LogP contribution in [0.15, 0.2) is 28.8 Å². The minimum atomic E-state index is -1.08. The third-order valence-electron chi connectivity index (χ3n) is 2.83. The average molecular weight is 389 g/mol. The number of ether oxygens (including phenoxy) is 2. The van der Waals surface area contributed by atoms with Crippen LogP contribution >= 0.6 is 23.2 Å². The van der Waals surface area contributed by atoms with Crippen LogP contribution in [0.2, 0.25) is 10.0 Å². The lowest BCUT2D eigenvalue weighted by molar-refractivity contribution is -0.142. The molecule has 8 nitrogen and oxygen atoms in total. The van der Waals surface area contributed by atoms with Crippen molar-refractivity contribution in [3.8, 4) is 5.75 Å². The molecule has 1 amide bonds. The van der Waals surface area contributed by atoms with Crippen LogP contribution in [-0.4, -0.2) is 41.9 Å². The summed E-state index contributed by atoms with van der Waals surface area (Å²) >= 11 is 12.0. The van der Waals surface area contributed by atoms with E-state index in [1.54, 1.807) is 18.2 Å². The maximum Gasteiger partial charge on any atom is 0.329 e. The van der Waals surface area contributed by atoms with Crippen LogP contribution in [0.1, 0.15) is 16.2 Å². The van der Waals surface area contributed by atoms with Crippen LogP contribution < -0.4 is 10.1 Å². The summed E-state index contributed by atoms with van der Waals surface area (Å²) in [5.74, 6) is -0.942. The van der Waals surface area contributed by atoms with Crippen molar-refractivity contribution in [2.45, 2.75) is 6.61 Å². The minimum absolute atomic E-state index is 0.00848. The summed E-state index contributed by atoms with van der Waals surface area (Å²) in [6.45, 7) is -0.228. The van der Waals surface area contributed by atoms with E-state index in [-0.39, 0.29) is 25.5 Å². The van der Waals surface area contributed by atoms with Crippen molar-refractivity contribution in [3.63, 3.8) is 0 Å². The highest BCUT2D eigenvalue weighted by Gasteiger charge is 2.14. The number of rotatable bonds is 9. The van der Waals surface area contributed by atoms with E-state index in [1.807, 2.05) is 0 Å². The second-order valence-electron chi connectivity index (χ2n) is 4.72. The fourth-order valence-electron chi connectivity index (χ4n) is 1.74. The lowest BCUT2D eigenvalue weighted by atomic mass is 10.3. The van der Waals surface area contributed by atoms with Gasteiger partial charge in [-0.1, -0.05) is 34.4 Å². The lowest BCUT2D eigenvalue weighted by Crippen LogP contribution is -2.28. The molecule has 2 aromatic rings. The second-order valence-corrected chi connectivity index (χ2v) is 5.53. The fraction of sp³-hybridized carbons (Fsp3) is 0.267. The van der Waals surface area contributed by atoms with Crippen molar-refractivity contribution in [2.75, 3.05) is 19.8 Å². The number of nitrogens with zero attached hydrogens (tertiary/aromatic N) is 1. The van der Waals surface area contributed by atoms with Gasteiger partial charge < -0.3 is 24.4 Å². The van der Waals surface area contributed by atoms with Crippen molar-refractivity contribution in [1.82, 2.24) is 10.5 Å². The molecule has 25 heavy (non-hydrogen) atoms. The Morgan fingerprint density at radius 3 is 2.68 bits per heavy atom. The predicted octanol–water partition coefficient (Wildman–Crippen LogP) is 2.39. The minimum Gasteiger partial charge on any atom is -0.482 e. The number of aliphatic carboxylic acids is 1. The van der Waals surface area contributed by atoms with Gasteiger partial charge in [-0.2, -0.15) is 0 Å². The highest BCUT2D eigenvalue weighted by atomic mass is 35.5. The van der Waals surface area contributed by atoms with E-state index < -0.39 is 18.5 Å². The molecule has 10 heteroatoms. The van der Waals surface area contributed by atoms with Crippen LogP contribution in [0.5, 0.6) is 5.75 Å². The van der Waals surface area contributed by atoms with Crippen molar-refractivity contribution >= 4 is 35.1 Å². The first-order chi connectivity index (χ1) is 12.0. The van der Waals surface area contributed by atoms with Gasteiger partial charge in [-0.3, -0.25) is 4.79 Å². The number of benzene rings is 1. The van der Waals surface area contributed by atoms with Gasteiger partial charge in [-0.05, 0) is 12.1 Å². The Morgan fingerprint density at radius 1 is 1.28 bits per heavy atom. The zero-order valence-electron chi connectivity index (χ0n) is 12.8. The third-order valence-corrected chi connectivity index (χ3v) is 3.42. The molecule has 0 radical (unpaired) electrons. The molecule has 0 saturated heterocycles. The Hall–Kier alpha value is -2.29. The summed E-state index contributed by atoms with van der Waals surface area (Å²) in [6, 6.07) is 6.37. The monoisotopic (exact) mass is 388 g/mol. The summed E-state index contributed by atoms with van der Waals surface area (Å²) in [4.78, 5) is 22.1. The number of aromatic nitrogens is 1. The Labute approximate surface area is 152 Å². The highest BCUT2D eigenvalue weighted by Crippen LogP contribution is 2.32. The van der Waals surface area contributed by atoms with Gasteiger partial charge in [-0.25, -0.2) is 4.79 Å². The van der Waals surface area contributed by atoms with Gasteiger partial charge in [0.15, 0.2) is 17.2 Å². The van der Waals surface area contributed by atoms with Gasteiger partial charge >= 0.3 is 5.97 Å². The van der Waals surface area contributed by atoms with E-state index in [2.05, 4.69) is 10.5 Å². The molecule has 0 aliphatic rings. The van der Waals surface area contributed by atoms with E-state index in [0.29, 0.717) is 21.6 Å². The molecule has 0 spiro atoms. The van der Waals surface area contributed by atoms with Crippen LogP contribution in [0.4, 0.5) is 0 Å². The lowest BCUT2D eigenvalue weighted by Gasteiger charge is -2.07. The molecule has 0 bridgehead atoms. The van der Waals surface area contributed by atoms with Crippen molar-refractivity contribution < 1.29 is 28.7 Å². The normalized spacial score (nSPS) is 10.5. The molecule has 1 aromatic carbocycles. The first-order valence-electron chi connectivity index (χ1n) is 7.07. The number of carboxylic acid groups (broad SMARTS) is 1. The molecule has 0 atom stereocenters. The van der Waals surface area contributed by atoms with Crippen molar-refractivity contribution in [2.24, 2.45) is 0 Å². The van der Waals surface area contributed by atoms with E-state index in [4.69, 9.17) is 42.3 Å². The number of carboxylic acids is 1. The van der Waals surface area contributed by atoms with Gasteiger partial charge in [0.25, 0.3) is 5.91 Å². The largest absolute Gasteiger partial charge is 0.482 e. The number of hydrogen-bond donors (Lipinski definition) is 2. The summed E-state index contributed by atoms with van der Waals surface area (Å²) < 4.78 is 15.3. The van der Waals surface area contributed by atoms with E-state index in [9.17, 15) is 9.59 Å². The highest BCUT2D eigenvalue weighted by molar-refractivity contribution is 6.37. The molecule has 0 fully saturated rings. The number of hydrogen-bond acceptors (Lipinski definition) is 6. The van der Waals surface area contributed by atoms with Gasteiger partial charge in [0.2, 0.25) is 0 Å². The van der Waals surface area contributed by atoms with Crippen molar-refractivity contribution in [3.05, 3.63) is 45.8 Å². The van der Waals surface area contributed by atoms with E-state index in [0.717, 1.165) is 0 Å². The maximum absolute atomic E-state index is 11.8. The van der Waals surface area contributed by atoms with E-state index >= 15 is 0 Å². The number of amides is 1. The predicted molar refractivity (Wildman–Crippen MR) is 88.1 cm³/mol. The molecule has 0 unspecified atom stereocenters. The molecule has 2 rings (SSSR count). The molecule has 0 aliphatic heterocycles. The van der Waals surface area contributed by atoms with Gasteiger partial charge in [0.05, 0.1) is 16.7 Å². The maximum atomic E-state index is 11.8. The number of carbonyl (C=O) groups is 2. The van der Waals surface area contributed by atoms with Crippen LogP contribution in [0, 0.1) is 0 Å². The van der Waals surface area contributed by atoms with Crippen LogP contribution in [0.3, 0.4) is 0 Å². The van der Waals surface area contributed by atoms with Crippen LogP contribution in [-0.2, 0) is 16.1 Å². The number of para-hydroxylation sites is 1. The Balaban J connectivity index is 1.81. The first-order valence-corrected chi connectivity index (χ1v) is 7.83. The standard InChI is InChI=1S/C15H14Cl2N2O6/c16-10-2-1-3-11(17)14(10)24-7-9-6-12(19-25-9)15(22)18-4-5-23-8-13(20)21/h1-3,6H,4-5,7-8H2,(H,18,22)(H,20,21). The Bertz CT molecular complexity index is 729. The summed E-state index contributed by atoms with van der Waals surface area (Å²) in [5, 5.41) is 15.3. The van der Waals surface area contributed by atoms with Crippen molar-refractivity contribution in [1.29, 1.82) is 0 Å². The molecule has 2 N–H and O–H groups in total. The molecular weight excluding hydrogens is 375 g/mol. The summed E-state index contributed by atoms with van der Waals surface area (Å²) in [7, 11) is 0. The molecule has 1 aromatic heterocycles. The Kier molecular flexibility index (Phi) is 7.05. The number of nitrogens with one attached hydrogen (secondary N) is 1. The van der Waals surface area contributed by atoms with E-state index in [1.165, 1.54) is 6.07 Å². The third kappa shape index (κ3) is 5.93. The molecule has 134 valence electrons. The topological polar surface area (TPSA) is 111 Å². The number of carbonyl (C=O) groups excluding carboxylic acids is 1. The Morgan fingerprint density at radius 2 is 2.00 bits per heavy atom. The number of halogens is 2. The van der Waals surface area contributed by atoms with Gasteiger partial charge in [-0.15, -0.1) is 0 Å².